The van der Waals surface area contributed by atoms with Crippen LogP contribution >= 0.6 is 12.4 Å². The molecule has 3 aromatic rings. The summed E-state index contributed by atoms with van der Waals surface area (Å²) in [7, 11) is 0. The van der Waals surface area contributed by atoms with Gasteiger partial charge in [-0.25, -0.2) is 8.78 Å². The predicted molar refractivity (Wildman–Crippen MR) is 106 cm³/mol. The molecule has 5 heteroatoms. The highest BCUT2D eigenvalue weighted by molar-refractivity contribution is 5.85. The highest BCUT2D eigenvalue weighted by Crippen LogP contribution is 2.19. The van der Waals surface area contributed by atoms with E-state index < -0.39 is 0 Å². The zero-order valence-corrected chi connectivity index (χ0v) is 15.6. The first kappa shape index (κ1) is 20.9. The maximum atomic E-state index is 13.6. The van der Waals surface area contributed by atoms with Gasteiger partial charge in [0.2, 0.25) is 0 Å². The summed E-state index contributed by atoms with van der Waals surface area (Å²) >= 11 is 0. The molecule has 0 unspecified atom stereocenters. The molecule has 0 atom stereocenters. The summed E-state index contributed by atoms with van der Waals surface area (Å²) in [5, 5.41) is 3.33. The third-order valence-corrected chi connectivity index (χ3v) is 4.12. The number of ether oxygens (including phenoxy) is 1. The Labute approximate surface area is 164 Å². The molecule has 2 nitrogen and oxygen atoms in total. The summed E-state index contributed by atoms with van der Waals surface area (Å²) in [4.78, 5) is 0. The van der Waals surface area contributed by atoms with Crippen LogP contribution in [-0.2, 0) is 19.6 Å². The molecule has 142 valence electrons. The maximum absolute atomic E-state index is 13.6. The predicted octanol–water partition coefficient (Wildman–Crippen LogP) is 5.30. The van der Waals surface area contributed by atoms with Gasteiger partial charge in [0, 0.05) is 12.1 Å². The molecule has 0 saturated heterocycles. The standard InChI is InChI=1S/C22H21F2NO.ClH/c23-20-11-9-17(10-12-20)16-26-22-8-4-2-6-19(22)15-25-14-13-18-5-1-3-7-21(18)24;/h1-12,25H,13-16H2;1H. The number of halogens is 3. The monoisotopic (exact) mass is 389 g/mol. The van der Waals surface area contributed by atoms with E-state index >= 15 is 0 Å². The van der Waals surface area contributed by atoms with E-state index in [9.17, 15) is 8.78 Å². The summed E-state index contributed by atoms with van der Waals surface area (Å²) in [6.07, 6.45) is 0.630. The average Bonchev–Trinajstić information content (AvgIpc) is 2.67. The van der Waals surface area contributed by atoms with Gasteiger partial charge in [0.05, 0.1) is 0 Å². The molecule has 0 saturated carbocycles. The summed E-state index contributed by atoms with van der Waals surface area (Å²) < 4.78 is 32.5. The van der Waals surface area contributed by atoms with E-state index in [1.165, 1.54) is 18.2 Å². The zero-order chi connectivity index (χ0) is 18.2. The second-order valence-corrected chi connectivity index (χ2v) is 6.04. The first-order valence-electron chi connectivity index (χ1n) is 8.61. The highest BCUT2D eigenvalue weighted by Gasteiger charge is 2.05. The van der Waals surface area contributed by atoms with E-state index in [2.05, 4.69) is 5.32 Å². The fraction of sp³-hybridized carbons (Fsp3) is 0.182. The lowest BCUT2D eigenvalue weighted by Crippen LogP contribution is -2.17. The Morgan fingerprint density at radius 1 is 0.778 bits per heavy atom. The lowest BCUT2D eigenvalue weighted by molar-refractivity contribution is 0.302. The lowest BCUT2D eigenvalue weighted by Gasteiger charge is -2.12. The average molecular weight is 390 g/mol. The van der Waals surface area contributed by atoms with Gasteiger partial charge in [-0.1, -0.05) is 48.5 Å². The van der Waals surface area contributed by atoms with Crippen LogP contribution in [0.4, 0.5) is 8.78 Å². The van der Waals surface area contributed by atoms with Gasteiger partial charge in [0.25, 0.3) is 0 Å². The van der Waals surface area contributed by atoms with Crippen LogP contribution in [0.25, 0.3) is 0 Å². The Balaban J connectivity index is 0.00000261. The van der Waals surface area contributed by atoms with Crippen molar-refractivity contribution in [2.45, 2.75) is 19.6 Å². The van der Waals surface area contributed by atoms with Gasteiger partial charge in [-0.3, -0.25) is 0 Å². The first-order chi connectivity index (χ1) is 12.7. The molecule has 0 aliphatic carbocycles. The second kappa shape index (κ2) is 10.7. The van der Waals surface area contributed by atoms with Gasteiger partial charge >= 0.3 is 0 Å². The molecule has 27 heavy (non-hydrogen) atoms. The summed E-state index contributed by atoms with van der Waals surface area (Å²) in [5.41, 5.74) is 2.65. The summed E-state index contributed by atoms with van der Waals surface area (Å²) in [5.74, 6) is 0.362. The number of nitrogens with one attached hydrogen (secondary N) is 1. The Morgan fingerprint density at radius 3 is 2.19 bits per heavy atom. The molecule has 0 fully saturated rings. The van der Waals surface area contributed by atoms with E-state index in [1.807, 2.05) is 30.3 Å². The van der Waals surface area contributed by atoms with Gasteiger partial charge < -0.3 is 10.1 Å². The van der Waals surface area contributed by atoms with Crippen LogP contribution in [0.2, 0.25) is 0 Å². The molecule has 3 aromatic carbocycles. The fourth-order valence-corrected chi connectivity index (χ4v) is 2.68. The molecular formula is C22H22ClF2NO. The minimum atomic E-state index is -0.256. The van der Waals surface area contributed by atoms with Crippen LogP contribution in [0.15, 0.2) is 72.8 Å². The number of hydrogen-bond acceptors (Lipinski definition) is 2. The van der Waals surface area contributed by atoms with Crippen LogP contribution in [0.5, 0.6) is 5.75 Å². The van der Waals surface area contributed by atoms with E-state index in [0.717, 1.165) is 16.9 Å². The second-order valence-electron chi connectivity index (χ2n) is 6.04. The van der Waals surface area contributed by atoms with E-state index in [1.54, 1.807) is 24.3 Å². The Morgan fingerprint density at radius 2 is 1.44 bits per heavy atom. The molecule has 0 heterocycles. The van der Waals surface area contributed by atoms with Gasteiger partial charge in [-0.2, -0.15) is 0 Å². The molecule has 0 amide bonds. The molecule has 3 rings (SSSR count). The molecule has 0 aliphatic rings. The quantitative estimate of drug-likeness (QED) is 0.528. The molecule has 0 bridgehead atoms. The van der Waals surface area contributed by atoms with E-state index in [0.29, 0.717) is 31.7 Å². The van der Waals surface area contributed by atoms with Crippen LogP contribution in [-0.4, -0.2) is 6.54 Å². The van der Waals surface area contributed by atoms with Crippen LogP contribution in [0, 0.1) is 11.6 Å². The zero-order valence-electron chi connectivity index (χ0n) is 14.8. The smallest absolute Gasteiger partial charge is 0.126 e. The SMILES string of the molecule is Cl.Fc1ccc(COc2ccccc2CNCCc2ccccc2F)cc1. The van der Waals surface area contributed by atoms with Crippen LogP contribution < -0.4 is 10.1 Å². The van der Waals surface area contributed by atoms with Crippen molar-refractivity contribution in [3.8, 4) is 5.75 Å². The van der Waals surface area contributed by atoms with Crippen LogP contribution in [0.3, 0.4) is 0 Å². The fourth-order valence-electron chi connectivity index (χ4n) is 2.68. The van der Waals surface area contributed by atoms with Gasteiger partial charge in [0.15, 0.2) is 0 Å². The molecular weight excluding hydrogens is 368 g/mol. The van der Waals surface area contributed by atoms with Crippen molar-refractivity contribution in [2.75, 3.05) is 6.54 Å². The molecule has 0 radical (unpaired) electrons. The topological polar surface area (TPSA) is 21.3 Å². The van der Waals surface area contributed by atoms with Crippen molar-refractivity contribution >= 4 is 12.4 Å². The third-order valence-electron chi connectivity index (χ3n) is 4.12. The minimum absolute atomic E-state index is 0. The maximum Gasteiger partial charge on any atom is 0.126 e. The minimum Gasteiger partial charge on any atom is -0.489 e. The highest BCUT2D eigenvalue weighted by atomic mass is 35.5. The Bertz CT molecular complexity index is 840. The van der Waals surface area contributed by atoms with Gasteiger partial charge in [-0.15, -0.1) is 12.4 Å². The Kier molecular flexibility index (Phi) is 8.24. The van der Waals surface area contributed by atoms with Crippen molar-refractivity contribution in [3.63, 3.8) is 0 Å². The van der Waals surface area contributed by atoms with Crippen molar-refractivity contribution < 1.29 is 13.5 Å². The number of hydrogen-bond donors (Lipinski definition) is 1. The van der Waals surface area contributed by atoms with Crippen molar-refractivity contribution in [1.82, 2.24) is 5.32 Å². The van der Waals surface area contributed by atoms with Gasteiger partial charge in [-0.05, 0) is 48.4 Å². The lowest BCUT2D eigenvalue weighted by atomic mass is 10.1. The number of para-hydroxylation sites is 1. The largest absolute Gasteiger partial charge is 0.489 e. The number of rotatable bonds is 8. The van der Waals surface area contributed by atoms with E-state index in [4.69, 9.17) is 4.74 Å². The van der Waals surface area contributed by atoms with Crippen molar-refractivity contribution in [2.24, 2.45) is 0 Å². The van der Waals surface area contributed by atoms with E-state index in [-0.39, 0.29) is 24.0 Å². The number of benzene rings is 3. The van der Waals surface area contributed by atoms with Crippen molar-refractivity contribution in [3.05, 3.63) is 101 Å². The van der Waals surface area contributed by atoms with Crippen molar-refractivity contribution in [1.29, 1.82) is 0 Å². The first-order valence-corrected chi connectivity index (χ1v) is 8.61. The Hall–Kier alpha value is -2.43. The normalized spacial score (nSPS) is 10.3. The molecule has 0 aliphatic heterocycles. The van der Waals surface area contributed by atoms with Gasteiger partial charge in [0.1, 0.15) is 24.0 Å². The third kappa shape index (κ3) is 6.35. The molecule has 1 N–H and O–H groups in total. The summed E-state index contributed by atoms with van der Waals surface area (Å²) in [6, 6.07) is 20.9. The molecule has 0 spiro atoms. The summed E-state index contributed by atoms with van der Waals surface area (Å²) in [6.45, 7) is 1.69. The van der Waals surface area contributed by atoms with Crippen LogP contribution in [0.1, 0.15) is 16.7 Å². The molecule has 0 aromatic heterocycles.